The highest BCUT2D eigenvalue weighted by Gasteiger charge is 2.43. The zero-order valence-electron chi connectivity index (χ0n) is 14.8. The van der Waals surface area contributed by atoms with E-state index >= 15 is 0 Å². The minimum absolute atomic E-state index is 0.0377. The van der Waals surface area contributed by atoms with Gasteiger partial charge in [-0.05, 0) is 18.3 Å². The summed E-state index contributed by atoms with van der Waals surface area (Å²) in [4.78, 5) is 16.9. The van der Waals surface area contributed by atoms with Crippen molar-refractivity contribution in [1.82, 2.24) is 9.80 Å². The van der Waals surface area contributed by atoms with Gasteiger partial charge in [0, 0.05) is 32.7 Å². The number of carbonyl (C=O) groups excluding carboxylic acids is 1. The molecule has 1 saturated heterocycles. The van der Waals surface area contributed by atoms with Crippen molar-refractivity contribution in [2.24, 2.45) is 10.8 Å². The Hall–Kier alpha value is -1.12. The monoisotopic (exact) mass is 321 g/mol. The molecular weight excluding hydrogens is 290 g/mol. The number of aliphatic hydroxyl groups is 1. The number of carbonyl (C=O) groups is 1. The number of nitriles is 1. The van der Waals surface area contributed by atoms with Gasteiger partial charge in [-0.3, -0.25) is 9.69 Å². The number of β-amino-alcohol motifs (C(OH)–C–C–N with tert-alkyl or cyclic N) is 1. The standard InChI is InChI=1S/C18H31N3O2/c1-17(2,3)15(22)13-20-9-11-21(12-10-20)16(23)18(14-19)7-5-4-6-8-18/h15,22H,4-13H2,1-3H3/t15-/m1/s1. The highest BCUT2D eigenvalue weighted by molar-refractivity contribution is 5.85. The average molecular weight is 321 g/mol. The molecule has 130 valence electrons. The van der Waals surface area contributed by atoms with Crippen LogP contribution in [0.1, 0.15) is 52.9 Å². The number of nitrogens with zero attached hydrogens (tertiary/aromatic N) is 3. The van der Waals surface area contributed by atoms with Gasteiger partial charge in [-0.1, -0.05) is 40.0 Å². The lowest BCUT2D eigenvalue weighted by Crippen LogP contribution is -2.55. The van der Waals surface area contributed by atoms with Crippen LogP contribution in [0.2, 0.25) is 0 Å². The Balaban J connectivity index is 1.89. The first-order valence-electron chi connectivity index (χ1n) is 8.89. The van der Waals surface area contributed by atoms with Crippen LogP contribution < -0.4 is 0 Å². The Morgan fingerprint density at radius 3 is 2.22 bits per heavy atom. The molecule has 23 heavy (non-hydrogen) atoms. The fourth-order valence-electron chi connectivity index (χ4n) is 3.48. The van der Waals surface area contributed by atoms with Crippen LogP contribution in [-0.4, -0.2) is 59.6 Å². The average Bonchev–Trinajstić information content (AvgIpc) is 2.54. The predicted molar refractivity (Wildman–Crippen MR) is 89.6 cm³/mol. The molecule has 0 radical (unpaired) electrons. The van der Waals surface area contributed by atoms with Crippen LogP contribution in [0, 0.1) is 22.2 Å². The summed E-state index contributed by atoms with van der Waals surface area (Å²) < 4.78 is 0. The highest BCUT2D eigenvalue weighted by atomic mass is 16.3. The topological polar surface area (TPSA) is 67.6 Å². The minimum atomic E-state index is -0.772. The second-order valence-corrected chi connectivity index (χ2v) is 8.23. The summed E-state index contributed by atoms with van der Waals surface area (Å²) in [7, 11) is 0. The summed E-state index contributed by atoms with van der Waals surface area (Å²) in [5.74, 6) is 0.0377. The minimum Gasteiger partial charge on any atom is -0.391 e. The van der Waals surface area contributed by atoms with Crippen molar-refractivity contribution < 1.29 is 9.90 Å². The molecule has 0 aromatic heterocycles. The quantitative estimate of drug-likeness (QED) is 0.863. The maximum Gasteiger partial charge on any atom is 0.243 e. The Labute approximate surface area is 140 Å². The maximum absolute atomic E-state index is 12.8. The van der Waals surface area contributed by atoms with Gasteiger partial charge >= 0.3 is 0 Å². The van der Waals surface area contributed by atoms with E-state index in [1.54, 1.807) is 0 Å². The molecule has 0 unspecified atom stereocenters. The van der Waals surface area contributed by atoms with Gasteiger partial charge in [0.25, 0.3) is 0 Å². The van der Waals surface area contributed by atoms with Gasteiger partial charge in [-0.25, -0.2) is 0 Å². The molecule has 1 amide bonds. The summed E-state index contributed by atoms with van der Waals surface area (Å²) in [6.45, 7) is 9.65. The largest absolute Gasteiger partial charge is 0.391 e. The summed E-state index contributed by atoms with van der Waals surface area (Å²) >= 11 is 0. The van der Waals surface area contributed by atoms with Crippen molar-refractivity contribution >= 4 is 5.91 Å². The van der Waals surface area contributed by atoms with Crippen LogP contribution in [0.15, 0.2) is 0 Å². The van der Waals surface area contributed by atoms with Gasteiger partial charge in [0.15, 0.2) is 0 Å². The van der Waals surface area contributed by atoms with Crippen LogP contribution in [0.3, 0.4) is 0 Å². The predicted octanol–water partition coefficient (Wildman–Crippen LogP) is 2.01. The number of hydrogen-bond donors (Lipinski definition) is 1. The zero-order chi connectivity index (χ0) is 17.1. The van der Waals surface area contributed by atoms with Crippen LogP contribution in [0.4, 0.5) is 0 Å². The van der Waals surface area contributed by atoms with Gasteiger partial charge < -0.3 is 10.0 Å². The summed E-state index contributed by atoms with van der Waals surface area (Å²) in [6, 6.07) is 2.33. The molecule has 0 aromatic carbocycles. The smallest absolute Gasteiger partial charge is 0.243 e. The van der Waals surface area contributed by atoms with E-state index < -0.39 is 5.41 Å². The van der Waals surface area contributed by atoms with E-state index in [9.17, 15) is 15.2 Å². The molecule has 1 saturated carbocycles. The first-order valence-corrected chi connectivity index (χ1v) is 8.89. The van der Waals surface area contributed by atoms with Crippen molar-refractivity contribution in [2.75, 3.05) is 32.7 Å². The first kappa shape index (κ1) is 18.2. The van der Waals surface area contributed by atoms with Gasteiger partial charge in [-0.2, -0.15) is 5.26 Å². The number of hydrogen-bond acceptors (Lipinski definition) is 4. The van der Waals surface area contributed by atoms with Crippen molar-refractivity contribution in [3.05, 3.63) is 0 Å². The van der Waals surface area contributed by atoms with Crippen molar-refractivity contribution in [3.8, 4) is 6.07 Å². The molecule has 2 rings (SSSR count). The van der Waals surface area contributed by atoms with Crippen molar-refractivity contribution in [3.63, 3.8) is 0 Å². The molecule has 0 spiro atoms. The normalized spacial score (nSPS) is 24.0. The SMILES string of the molecule is CC(C)(C)[C@H](O)CN1CCN(C(=O)C2(C#N)CCCCC2)CC1. The van der Waals surface area contributed by atoms with Gasteiger partial charge in [0.1, 0.15) is 5.41 Å². The summed E-state index contributed by atoms with van der Waals surface area (Å²) in [5.41, 5.74) is -0.898. The third kappa shape index (κ3) is 4.24. The second kappa shape index (κ2) is 7.19. The molecule has 1 atom stereocenters. The molecule has 2 aliphatic rings. The van der Waals surface area contributed by atoms with E-state index in [-0.39, 0.29) is 17.4 Å². The number of amides is 1. The Bertz CT molecular complexity index is 450. The molecule has 0 aromatic rings. The number of aliphatic hydroxyl groups excluding tert-OH is 1. The molecule has 1 aliphatic heterocycles. The molecule has 2 fully saturated rings. The number of piperazine rings is 1. The maximum atomic E-state index is 12.8. The Kier molecular flexibility index (Phi) is 5.70. The summed E-state index contributed by atoms with van der Waals surface area (Å²) in [6.07, 6.45) is 4.16. The fourth-order valence-corrected chi connectivity index (χ4v) is 3.48. The molecule has 1 heterocycles. The first-order chi connectivity index (χ1) is 10.8. The zero-order valence-corrected chi connectivity index (χ0v) is 14.8. The Morgan fingerprint density at radius 2 is 1.74 bits per heavy atom. The fraction of sp³-hybridized carbons (Fsp3) is 0.889. The van der Waals surface area contributed by atoms with E-state index in [1.807, 2.05) is 25.7 Å². The van der Waals surface area contributed by atoms with Crippen LogP contribution in [0.5, 0.6) is 0 Å². The second-order valence-electron chi connectivity index (χ2n) is 8.23. The van der Waals surface area contributed by atoms with Gasteiger partial charge in [0.2, 0.25) is 5.91 Å². The van der Waals surface area contributed by atoms with E-state index in [2.05, 4.69) is 11.0 Å². The molecule has 1 N–H and O–H groups in total. The third-order valence-electron chi connectivity index (χ3n) is 5.42. The molecule has 5 heteroatoms. The Morgan fingerprint density at radius 1 is 1.17 bits per heavy atom. The highest BCUT2D eigenvalue weighted by Crippen LogP contribution is 2.37. The van der Waals surface area contributed by atoms with Crippen molar-refractivity contribution in [1.29, 1.82) is 5.26 Å². The molecule has 0 bridgehead atoms. The lowest BCUT2D eigenvalue weighted by molar-refractivity contribution is -0.142. The van der Waals surface area contributed by atoms with E-state index in [4.69, 9.17) is 0 Å². The van der Waals surface area contributed by atoms with Crippen LogP contribution in [0.25, 0.3) is 0 Å². The third-order valence-corrected chi connectivity index (χ3v) is 5.42. The lowest BCUT2D eigenvalue weighted by Gasteiger charge is -2.41. The van der Waals surface area contributed by atoms with Crippen LogP contribution in [-0.2, 0) is 4.79 Å². The van der Waals surface area contributed by atoms with E-state index in [0.29, 0.717) is 32.5 Å². The molecular formula is C18H31N3O2. The number of rotatable bonds is 3. The summed E-state index contributed by atoms with van der Waals surface area (Å²) in [5, 5.41) is 19.8. The van der Waals surface area contributed by atoms with Gasteiger partial charge in [0.05, 0.1) is 12.2 Å². The van der Waals surface area contributed by atoms with E-state index in [1.165, 1.54) is 0 Å². The molecule has 1 aliphatic carbocycles. The van der Waals surface area contributed by atoms with Crippen LogP contribution >= 0.6 is 0 Å². The molecule has 5 nitrogen and oxygen atoms in total. The van der Waals surface area contributed by atoms with Gasteiger partial charge in [-0.15, -0.1) is 0 Å². The lowest BCUT2D eigenvalue weighted by atomic mass is 9.74. The van der Waals surface area contributed by atoms with E-state index in [0.717, 1.165) is 32.4 Å². The van der Waals surface area contributed by atoms with Crippen molar-refractivity contribution in [2.45, 2.75) is 59.0 Å².